The van der Waals surface area contributed by atoms with Crippen molar-refractivity contribution in [3.63, 3.8) is 0 Å². The third kappa shape index (κ3) is 1.45. The quantitative estimate of drug-likeness (QED) is 0.643. The minimum atomic E-state index is 0.273. The van der Waals surface area contributed by atoms with Crippen LogP contribution < -0.4 is 9.44 Å². The molecular weight excluding hydrogens is 186 g/mol. The standard InChI is InChI=1S/C9H9NO2S/c1-10(2)9-12-7-4-3-6(11)5-8(7)13-9/h3-5H,1-2H3/p+1. The van der Waals surface area contributed by atoms with Gasteiger partial charge in [0.1, 0.15) is 19.8 Å². The Balaban J connectivity index is 2.84. The first-order valence-corrected chi connectivity index (χ1v) is 4.71. The smallest absolute Gasteiger partial charge is 0.430 e. The largest absolute Gasteiger partial charge is 0.508 e. The summed E-state index contributed by atoms with van der Waals surface area (Å²) in [5.41, 5.74) is 0.812. The number of hydrogen-bond acceptors (Lipinski definition) is 3. The lowest BCUT2D eigenvalue weighted by atomic mass is 10.3. The molecule has 13 heavy (non-hydrogen) atoms. The van der Waals surface area contributed by atoms with E-state index in [4.69, 9.17) is 4.42 Å². The van der Waals surface area contributed by atoms with Gasteiger partial charge in [0.15, 0.2) is 5.58 Å². The summed E-state index contributed by atoms with van der Waals surface area (Å²) in [5.74, 6) is 0.273. The minimum Gasteiger partial charge on any atom is -0.508 e. The molecule has 0 aliphatic rings. The van der Waals surface area contributed by atoms with E-state index in [0.717, 1.165) is 15.2 Å². The van der Waals surface area contributed by atoms with Crippen molar-refractivity contribution in [3.8, 4) is 5.75 Å². The zero-order chi connectivity index (χ0) is 9.42. The van der Waals surface area contributed by atoms with Crippen LogP contribution >= 0.6 is 11.3 Å². The van der Waals surface area contributed by atoms with Gasteiger partial charge >= 0.3 is 4.87 Å². The molecule has 0 spiro atoms. The molecule has 2 rings (SSSR count). The first-order valence-electron chi connectivity index (χ1n) is 3.90. The number of rotatable bonds is 0. The van der Waals surface area contributed by atoms with E-state index in [1.807, 2.05) is 18.7 Å². The second-order valence-corrected chi connectivity index (χ2v) is 3.99. The number of phenolic OH excluding ortho intramolecular Hbond substituents is 1. The van der Waals surface area contributed by atoms with Crippen LogP contribution in [0.5, 0.6) is 5.75 Å². The van der Waals surface area contributed by atoms with Gasteiger partial charge in [0.25, 0.3) is 0 Å². The van der Waals surface area contributed by atoms with Gasteiger partial charge in [0.2, 0.25) is 0 Å². The fraction of sp³-hybridized carbons (Fsp3) is 0.222. The van der Waals surface area contributed by atoms with Gasteiger partial charge in [-0.05, 0) is 23.5 Å². The van der Waals surface area contributed by atoms with Crippen LogP contribution in [0.2, 0.25) is 0 Å². The maximum Gasteiger partial charge on any atom is 0.430 e. The van der Waals surface area contributed by atoms with Crippen molar-refractivity contribution in [2.24, 2.45) is 0 Å². The summed E-state index contributed by atoms with van der Waals surface area (Å²) in [5, 5.41) is 9.23. The fourth-order valence-corrected chi connectivity index (χ4v) is 1.94. The molecule has 68 valence electrons. The Morgan fingerprint density at radius 3 is 2.85 bits per heavy atom. The molecular formula is C9H10NO2S+. The minimum absolute atomic E-state index is 0.273. The van der Waals surface area contributed by atoms with Crippen LogP contribution in [0.3, 0.4) is 0 Å². The zero-order valence-corrected chi connectivity index (χ0v) is 8.26. The van der Waals surface area contributed by atoms with E-state index >= 15 is 0 Å². The molecule has 0 atom stereocenters. The predicted octanol–water partition coefficient (Wildman–Crippen LogP) is 1.23. The number of hydrogen-bond donors (Lipinski definition) is 1. The van der Waals surface area contributed by atoms with Crippen LogP contribution in [0.25, 0.3) is 10.3 Å². The van der Waals surface area contributed by atoms with Crippen molar-refractivity contribution in [1.82, 2.24) is 4.58 Å². The normalized spacial score (nSPS) is 10.6. The van der Waals surface area contributed by atoms with Crippen molar-refractivity contribution < 1.29 is 9.52 Å². The third-order valence-electron chi connectivity index (χ3n) is 1.69. The number of nitrogens with zero attached hydrogens (tertiary/aromatic N) is 1. The highest BCUT2D eigenvalue weighted by molar-refractivity contribution is 7.16. The molecule has 1 aromatic carbocycles. The molecule has 0 saturated heterocycles. The van der Waals surface area contributed by atoms with Crippen molar-refractivity contribution in [2.75, 3.05) is 14.1 Å². The number of aromatic hydroxyl groups is 1. The first kappa shape index (κ1) is 8.31. The molecule has 2 aromatic rings. The molecule has 0 aliphatic carbocycles. The van der Waals surface area contributed by atoms with Gasteiger partial charge in [-0.15, -0.1) is 0 Å². The van der Waals surface area contributed by atoms with E-state index < -0.39 is 0 Å². The second kappa shape index (κ2) is 2.88. The van der Waals surface area contributed by atoms with Crippen molar-refractivity contribution >= 4 is 21.6 Å². The Kier molecular flexibility index (Phi) is 1.84. The van der Waals surface area contributed by atoms with Crippen LogP contribution in [-0.4, -0.2) is 19.2 Å². The van der Waals surface area contributed by atoms with E-state index in [9.17, 15) is 5.11 Å². The van der Waals surface area contributed by atoms with Gasteiger partial charge in [0.05, 0.1) is 4.70 Å². The molecule has 1 heterocycles. The number of phenols is 1. The van der Waals surface area contributed by atoms with Crippen LogP contribution in [0.1, 0.15) is 0 Å². The van der Waals surface area contributed by atoms with E-state index in [0.29, 0.717) is 0 Å². The molecule has 3 nitrogen and oxygen atoms in total. The summed E-state index contributed by atoms with van der Waals surface area (Å²) in [6.07, 6.45) is 0. The highest BCUT2D eigenvalue weighted by Gasteiger charge is 2.05. The Labute approximate surface area is 79.2 Å². The zero-order valence-electron chi connectivity index (χ0n) is 7.44. The molecule has 1 aromatic heterocycles. The lowest BCUT2D eigenvalue weighted by molar-refractivity contribution is 0.475. The average Bonchev–Trinajstić information content (AvgIpc) is 2.46. The fourth-order valence-electron chi connectivity index (χ4n) is 1.05. The molecule has 0 aliphatic heterocycles. The van der Waals surface area contributed by atoms with Crippen LogP contribution in [-0.2, 0) is 0 Å². The van der Waals surface area contributed by atoms with Gasteiger partial charge in [-0.25, -0.2) is 0 Å². The van der Waals surface area contributed by atoms with Gasteiger partial charge in [0, 0.05) is 6.07 Å². The lowest BCUT2D eigenvalue weighted by Gasteiger charge is -1.86. The van der Waals surface area contributed by atoms with Crippen molar-refractivity contribution in [3.05, 3.63) is 23.1 Å². The van der Waals surface area contributed by atoms with E-state index in [2.05, 4.69) is 0 Å². The summed E-state index contributed by atoms with van der Waals surface area (Å²) in [4.78, 5) is 0.834. The Morgan fingerprint density at radius 2 is 2.15 bits per heavy atom. The van der Waals surface area contributed by atoms with Gasteiger partial charge in [-0.2, -0.15) is 4.58 Å². The molecule has 1 N–H and O–H groups in total. The highest BCUT2D eigenvalue weighted by Crippen LogP contribution is 2.21. The Morgan fingerprint density at radius 1 is 1.38 bits per heavy atom. The van der Waals surface area contributed by atoms with E-state index in [1.165, 1.54) is 11.3 Å². The molecule has 4 heteroatoms. The summed E-state index contributed by atoms with van der Waals surface area (Å²) in [7, 11) is 3.85. The predicted molar refractivity (Wildman–Crippen MR) is 52.9 cm³/mol. The summed E-state index contributed by atoms with van der Waals surface area (Å²) in [6, 6.07) is 5.10. The molecule has 0 saturated carbocycles. The first-order chi connectivity index (χ1) is 6.16. The second-order valence-electron chi connectivity index (χ2n) is 3.00. The maximum absolute atomic E-state index is 9.23. The van der Waals surface area contributed by atoms with Crippen LogP contribution in [0, 0.1) is 0 Å². The average molecular weight is 196 g/mol. The molecule has 0 unspecified atom stereocenters. The molecule has 0 fully saturated rings. The van der Waals surface area contributed by atoms with Crippen LogP contribution in [0.4, 0.5) is 0 Å². The van der Waals surface area contributed by atoms with Gasteiger partial charge < -0.3 is 9.52 Å². The summed E-state index contributed by atoms with van der Waals surface area (Å²) in [6.45, 7) is 0. The van der Waals surface area contributed by atoms with Crippen molar-refractivity contribution in [1.29, 1.82) is 0 Å². The number of benzene rings is 1. The maximum atomic E-state index is 9.23. The van der Waals surface area contributed by atoms with E-state index in [-0.39, 0.29) is 5.75 Å². The topological polar surface area (TPSA) is 36.4 Å². The van der Waals surface area contributed by atoms with E-state index in [1.54, 1.807) is 18.2 Å². The Bertz CT molecular complexity index is 506. The summed E-state index contributed by atoms with van der Waals surface area (Å²) < 4.78 is 8.38. The van der Waals surface area contributed by atoms with Gasteiger partial charge in [-0.3, -0.25) is 0 Å². The molecule has 0 radical (unpaired) electrons. The SMILES string of the molecule is C[N+](C)=c1oc2ccc(O)cc2s1. The highest BCUT2D eigenvalue weighted by atomic mass is 32.1. The van der Waals surface area contributed by atoms with Gasteiger partial charge in [-0.1, -0.05) is 0 Å². The van der Waals surface area contributed by atoms with Crippen LogP contribution in [0.15, 0.2) is 22.6 Å². The third-order valence-corrected chi connectivity index (χ3v) is 2.85. The Hall–Kier alpha value is -1.29. The number of fused-ring (bicyclic) bond motifs is 1. The monoisotopic (exact) mass is 196 g/mol. The lowest BCUT2D eigenvalue weighted by Crippen LogP contribution is -2.16. The van der Waals surface area contributed by atoms with Crippen molar-refractivity contribution in [2.45, 2.75) is 0 Å². The molecule has 0 bridgehead atoms. The molecule has 0 amide bonds. The summed E-state index contributed by atoms with van der Waals surface area (Å²) >= 11 is 1.52.